The molecule has 0 spiro atoms. The fourth-order valence-electron chi connectivity index (χ4n) is 4.09. The van der Waals surface area contributed by atoms with Crippen molar-refractivity contribution in [1.82, 2.24) is 9.88 Å². The van der Waals surface area contributed by atoms with Crippen molar-refractivity contribution in [3.8, 4) is 5.75 Å². The van der Waals surface area contributed by atoms with Gasteiger partial charge in [-0.1, -0.05) is 48.6 Å². The molecule has 1 amide bonds. The number of likely N-dealkylation sites (tertiary alicyclic amines) is 1. The second-order valence-corrected chi connectivity index (χ2v) is 8.28. The number of Topliss-reactive ketones (excluding diaryl/α,β-unsaturated/α-hetero) is 1. The molecule has 1 saturated heterocycles. The van der Waals surface area contributed by atoms with Crippen molar-refractivity contribution in [3.63, 3.8) is 0 Å². The van der Waals surface area contributed by atoms with Gasteiger partial charge in [-0.25, -0.2) is 0 Å². The Labute approximate surface area is 198 Å². The van der Waals surface area contributed by atoms with E-state index < -0.39 is 17.7 Å². The van der Waals surface area contributed by atoms with Gasteiger partial charge in [-0.2, -0.15) is 0 Å². The van der Waals surface area contributed by atoms with Gasteiger partial charge in [0.25, 0.3) is 11.7 Å². The molecule has 1 N–H and O–H groups in total. The Morgan fingerprint density at radius 2 is 1.91 bits per heavy atom. The predicted molar refractivity (Wildman–Crippen MR) is 130 cm³/mol. The van der Waals surface area contributed by atoms with Gasteiger partial charge in [0, 0.05) is 24.5 Å². The molecule has 1 unspecified atom stereocenters. The molecule has 0 saturated carbocycles. The number of amides is 1. The molecule has 1 aliphatic heterocycles. The minimum atomic E-state index is -0.724. The third-order valence-electron chi connectivity index (χ3n) is 5.81. The summed E-state index contributed by atoms with van der Waals surface area (Å²) in [5.74, 6) is -0.921. The first-order valence-corrected chi connectivity index (χ1v) is 11.0. The van der Waals surface area contributed by atoms with Gasteiger partial charge in [0.2, 0.25) is 0 Å². The van der Waals surface area contributed by atoms with Crippen molar-refractivity contribution in [2.45, 2.75) is 26.4 Å². The molecule has 1 aliphatic rings. The molecule has 4 rings (SSSR count). The zero-order chi connectivity index (χ0) is 24.2. The van der Waals surface area contributed by atoms with Gasteiger partial charge in [-0.05, 0) is 54.8 Å². The first kappa shape index (κ1) is 23.0. The lowest BCUT2D eigenvalue weighted by molar-refractivity contribution is -0.140. The summed E-state index contributed by atoms with van der Waals surface area (Å²) < 4.78 is 5.62. The summed E-state index contributed by atoms with van der Waals surface area (Å²) in [4.78, 5) is 31.9. The summed E-state index contributed by atoms with van der Waals surface area (Å²) in [5.41, 5.74) is 3.90. The fraction of sp³-hybridized carbons (Fsp3) is 0.179. The van der Waals surface area contributed by atoms with Crippen LogP contribution in [0.1, 0.15) is 33.9 Å². The number of carbonyl (C=O) groups is 2. The Kier molecular flexibility index (Phi) is 6.59. The van der Waals surface area contributed by atoms with Crippen LogP contribution in [0.25, 0.3) is 5.76 Å². The number of carbonyl (C=O) groups excluding carboxylic acids is 2. The second kappa shape index (κ2) is 9.75. The lowest BCUT2D eigenvalue weighted by Crippen LogP contribution is -2.29. The Balaban J connectivity index is 1.81. The number of aliphatic hydroxyl groups is 1. The molecule has 0 bridgehead atoms. The van der Waals surface area contributed by atoms with E-state index in [0.717, 1.165) is 22.3 Å². The van der Waals surface area contributed by atoms with Crippen molar-refractivity contribution in [3.05, 3.63) is 113 Å². The largest absolute Gasteiger partial charge is 0.507 e. The molecule has 1 fully saturated rings. The summed E-state index contributed by atoms with van der Waals surface area (Å²) in [5, 5.41) is 11.3. The van der Waals surface area contributed by atoms with E-state index in [1.54, 1.807) is 42.7 Å². The average molecular weight is 455 g/mol. The molecule has 172 valence electrons. The Hall–Kier alpha value is -4.19. The van der Waals surface area contributed by atoms with Crippen molar-refractivity contribution in [1.29, 1.82) is 0 Å². The Morgan fingerprint density at radius 1 is 1.15 bits per heavy atom. The molecule has 0 radical (unpaired) electrons. The molecule has 34 heavy (non-hydrogen) atoms. The van der Waals surface area contributed by atoms with Gasteiger partial charge in [-0.3, -0.25) is 14.6 Å². The number of aryl methyl sites for hydroxylation is 2. The minimum Gasteiger partial charge on any atom is -0.507 e. The van der Waals surface area contributed by atoms with Crippen LogP contribution in [0.5, 0.6) is 5.75 Å². The molecule has 2 heterocycles. The standard InChI is InChI=1S/C28H26N2O4/c1-4-14-34-23-12-11-22(15-19(23)3)26(31)24-25(21-9-7-18(2)8-10-21)30(28(33)27(24)32)17-20-6-5-13-29-16-20/h4-13,15-16,25,31H,1,14,17H2,2-3H3/b26-24+. The number of benzene rings is 2. The van der Waals surface area contributed by atoms with E-state index in [2.05, 4.69) is 11.6 Å². The predicted octanol–water partition coefficient (Wildman–Crippen LogP) is 4.89. The maximum Gasteiger partial charge on any atom is 0.295 e. The van der Waals surface area contributed by atoms with E-state index in [4.69, 9.17) is 4.74 Å². The topological polar surface area (TPSA) is 79.7 Å². The third-order valence-corrected chi connectivity index (χ3v) is 5.81. The minimum absolute atomic E-state index is 0.0666. The molecule has 6 heteroatoms. The van der Waals surface area contributed by atoms with Gasteiger partial charge in [0.1, 0.15) is 18.1 Å². The number of aromatic nitrogens is 1. The van der Waals surface area contributed by atoms with Crippen LogP contribution in [-0.2, 0) is 16.1 Å². The van der Waals surface area contributed by atoms with Crippen molar-refractivity contribution >= 4 is 17.4 Å². The highest BCUT2D eigenvalue weighted by Gasteiger charge is 2.46. The molecule has 0 aliphatic carbocycles. The quantitative estimate of drug-likeness (QED) is 0.238. The number of ether oxygens (including phenoxy) is 1. The first-order valence-electron chi connectivity index (χ1n) is 11.0. The van der Waals surface area contributed by atoms with Crippen molar-refractivity contribution < 1.29 is 19.4 Å². The van der Waals surface area contributed by atoms with Crippen molar-refractivity contribution in [2.75, 3.05) is 6.61 Å². The zero-order valence-electron chi connectivity index (χ0n) is 19.2. The van der Waals surface area contributed by atoms with Crippen LogP contribution in [0.3, 0.4) is 0 Å². The number of pyridine rings is 1. The SMILES string of the molecule is C=CCOc1ccc(/C(O)=C2\C(=O)C(=O)N(Cc3cccnc3)C2c2ccc(C)cc2)cc1C. The zero-order valence-corrected chi connectivity index (χ0v) is 19.2. The highest BCUT2D eigenvalue weighted by Crippen LogP contribution is 2.40. The van der Waals surface area contributed by atoms with Crippen LogP contribution < -0.4 is 4.74 Å². The molecule has 1 atom stereocenters. The number of aliphatic hydroxyl groups excluding tert-OH is 1. The first-order chi connectivity index (χ1) is 16.4. The van der Waals surface area contributed by atoms with Crippen LogP contribution in [0.15, 0.2) is 85.2 Å². The van der Waals surface area contributed by atoms with Crippen LogP contribution in [0.4, 0.5) is 0 Å². The normalized spacial score (nSPS) is 17.1. The summed E-state index contributed by atoms with van der Waals surface area (Å²) in [7, 11) is 0. The van der Waals surface area contributed by atoms with E-state index in [-0.39, 0.29) is 17.9 Å². The van der Waals surface area contributed by atoms with E-state index in [1.165, 1.54) is 4.90 Å². The fourth-order valence-corrected chi connectivity index (χ4v) is 4.09. The maximum atomic E-state index is 13.2. The monoisotopic (exact) mass is 454 g/mol. The second-order valence-electron chi connectivity index (χ2n) is 8.28. The molecule has 2 aromatic carbocycles. The lowest BCUT2D eigenvalue weighted by atomic mass is 9.94. The van der Waals surface area contributed by atoms with Crippen LogP contribution in [0.2, 0.25) is 0 Å². The smallest absolute Gasteiger partial charge is 0.295 e. The lowest BCUT2D eigenvalue weighted by Gasteiger charge is -2.25. The summed E-state index contributed by atoms with van der Waals surface area (Å²) in [6.45, 7) is 8.03. The maximum absolute atomic E-state index is 13.2. The van der Waals surface area contributed by atoms with E-state index in [0.29, 0.717) is 17.9 Å². The van der Waals surface area contributed by atoms with Gasteiger partial charge in [0.15, 0.2) is 0 Å². The number of rotatable bonds is 7. The van der Waals surface area contributed by atoms with Crippen LogP contribution in [0, 0.1) is 13.8 Å². The number of hydrogen-bond donors (Lipinski definition) is 1. The van der Waals surface area contributed by atoms with Gasteiger partial charge < -0.3 is 14.7 Å². The molecular weight excluding hydrogens is 428 g/mol. The number of nitrogens with zero attached hydrogens (tertiary/aromatic N) is 2. The van der Waals surface area contributed by atoms with E-state index in [1.807, 2.05) is 44.2 Å². The number of ketones is 1. The molecular formula is C28H26N2O4. The highest BCUT2D eigenvalue weighted by atomic mass is 16.5. The van der Waals surface area contributed by atoms with Crippen LogP contribution >= 0.6 is 0 Å². The number of hydrogen-bond acceptors (Lipinski definition) is 5. The summed E-state index contributed by atoms with van der Waals surface area (Å²) in [6.07, 6.45) is 4.97. The van der Waals surface area contributed by atoms with Gasteiger partial charge in [-0.15, -0.1) is 0 Å². The van der Waals surface area contributed by atoms with Gasteiger partial charge >= 0.3 is 0 Å². The average Bonchev–Trinajstić information content (AvgIpc) is 3.09. The molecule has 1 aromatic heterocycles. The summed E-state index contributed by atoms with van der Waals surface area (Å²) in [6, 6.07) is 15.7. The van der Waals surface area contributed by atoms with E-state index in [9.17, 15) is 14.7 Å². The summed E-state index contributed by atoms with van der Waals surface area (Å²) >= 11 is 0. The molecule has 6 nitrogen and oxygen atoms in total. The molecule has 3 aromatic rings. The van der Waals surface area contributed by atoms with E-state index >= 15 is 0 Å². The Morgan fingerprint density at radius 3 is 2.56 bits per heavy atom. The highest BCUT2D eigenvalue weighted by molar-refractivity contribution is 6.46. The van der Waals surface area contributed by atoms with Gasteiger partial charge in [0.05, 0.1) is 11.6 Å². The Bertz CT molecular complexity index is 1260. The van der Waals surface area contributed by atoms with Crippen molar-refractivity contribution in [2.24, 2.45) is 0 Å². The third kappa shape index (κ3) is 4.48. The van der Waals surface area contributed by atoms with Crippen LogP contribution in [-0.4, -0.2) is 33.3 Å².